The lowest BCUT2D eigenvalue weighted by atomic mass is 10.1. The molecule has 112 valence electrons. The first kappa shape index (κ1) is 17.9. The molecule has 0 radical (unpaired) electrons. The molecule has 0 heterocycles. The summed E-state index contributed by atoms with van der Waals surface area (Å²) in [6.45, 7) is 2.30. The summed E-state index contributed by atoms with van der Waals surface area (Å²) in [4.78, 5) is 21.4. The van der Waals surface area contributed by atoms with E-state index in [1.54, 1.807) is 0 Å². The lowest BCUT2D eigenvalue weighted by Crippen LogP contribution is -2.03. The zero-order chi connectivity index (χ0) is 14.3. The van der Waals surface area contributed by atoms with Gasteiger partial charge in [0.25, 0.3) is 0 Å². The summed E-state index contributed by atoms with van der Waals surface area (Å²) in [6, 6.07) is 0. The van der Waals surface area contributed by atoms with E-state index in [1.807, 2.05) is 6.92 Å². The van der Waals surface area contributed by atoms with Crippen molar-refractivity contribution < 1.29 is 19.4 Å². The van der Waals surface area contributed by atoms with Gasteiger partial charge in [0.15, 0.2) is 0 Å². The first-order chi connectivity index (χ1) is 9.16. The van der Waals surface area contributed by atoms with E-state index in [0.717, 1.165) is 32.1 Å². The van der Waals surface area contributed by atoms with Crippen LogP contribution in [0.1, 0.15) is 77.6 Å². The Labute approximate surface area is 116 Å². The molecule has 0 saturated heterocycles. The van der Waals surface area contributed by atoms with Gasteiger partial charge in [-0.2, -0.15) is 0 Å². The van der Waals surface area contributed by atoms with Crippen molar-refractivity contribution in [1.29, 1.82) is 0 Å². The minimum atomic E-state index is -0.693. The van der Waals surface area contributed by atoms with E-state index in [9.17, 15) is 9.59 Å². The molecule has 0 bridgehead atoms. The average Bonchev–Trinajstić information content (AvgIpc) is 2.36. The second kappa shape index (κ2) is 13.4. The summed E-state index contributed by atoms with van der Waals surface area (Å²) in [7, 11) is 0. The van der Waals surface area contributed by atoms with E-state index in [1.165, 1.54) is 25.7 Å². The Morgan fingerprint density at radius 2 is 1.21 bits per heavy atom. The maximum absolute atomic E-state index is 11.1. The van der Waals surface area contributed by atoms with Crippen LogP contribution in [-0.2, 0) is 14.3 Å². The standard InChI is InChI=1S/C15H28O4/c1-2-19-15(18)13-11-9-7-5-3-4-6-8-10-12-14(16)17/h2-13H2,1H3,(H,16,17). The Morgan fingerprint density at radius 1 is 0.789 bits per heavy atom. The minimum absolute atomic E-state index is 0.0825. The number of ether oxygens (including phenoxy) is 1. The van der Waals surface area contributed by atoms with Crippen molar-refractivity contribution in [2.75, 3.05) is 6.61 Å². The third-order valence-corrected chi connectivity index (χ3v) is 3.08. The summed E-state index contributed by atoms with van der Waals surface area (Å²) >= 11 is 0. The second-order valence-electron chi connectivity index (χ2n) is 4.88. The molecule has 4 heteroatoms. The van der Waals surface area contributed by atoms with E-state index in [4.69, 9.17) is 9.84 Å². The Morgan fingerprint density at radius 3 is 1.63 bits per heavy atom. The lowest BCUT2D eigenvalue weighted by Gasteiger charge is -2.03. The smallest absolute Gasteiger partial charge is 0.305 e. The number of carbonyl (C=O) groups is 2. The van der Waals surface area contributed by atoms with Crippen LogP contribution >= 0.6 is 0 Å². The molecule has 0 aliphatic carbocycles. The maximum atomic E-state index is 11.1. The predicted molar refractivity (Wildman–Crippen MR) is 75.1 cm³/mol. The number of aliphatic carboxylic acids is 1. The second-order valence-corrected chi connectivity index (χ2v) is 4.88. The highest BCUT2D eigenvalue weighted by Crippen LogP contribution is 2.11. The molecule has 0 saturated carbocycles. The van der Waals surface area contributed by atoms with Crippen LogP contribution in [0.2, 0.25) is 0 Å². The summed E-state index contributed by atoms with van der Waals surface area (Å²) in [5.41, 5.74) is 0. The van der Waals surface area contributed by atoms with E-state index >= 15 is 0 Å². The maximum Gasteiger partial charge on any atom is 0.305 e. The molecule has 19 heavy (non-hydrogen) atoms. The molecule has 0 aliphatic rings. The van der Waals surface area contributed by atoms with Gasteiger partial charge in [0.05, 0.1) is 6.61 Å². The molecule has 0 aromatic heterocycles. The van der Waals surface area contributed by atoms with Crippen LogP contribution in [0.4, 0.5) is 0 Å². The van der Waals surface area contributed by atoms with Gasteiger partial charge in [0, 0.05) is 12.8 Å². The molecule has 0 spiro atoms. The largest absolute Gasteiger partial charge is 0.481 e. The normalized spacial score (nSPS) is 10.4. The van der Waals surface area contributed by atoms with Gasteiger partial charge in [0.2, 0.25) is 0 Å². The highest BCUT2D eigenvalue weighted by Gasteiger charge is 2.00. The fourth-order valence-electron chi connectivity index (χ4n) is 2.02. The van der Waals surface area contributed by atoms with Gasteiger partial charge in [-0.05, 0) is 19.8 Å². The van der Waals surface area contributed by atoms with E-state index in [2.05, 4.69) is 0 Å². The van der Waals surface area contributed by atoms with Gasteiger partial charge in [-0.25, -0.2) is 0 Å². The first-order valence-electron chi connectivity index (χ1n) is 7.54. The summed E-state index contributed by atoms with van der Waals surface area (Å²) in [5, 5.41) is 8.48. The molecule has 0 aliphatic heterocycles. The molecule has 0 rings (SSSR count). The molecular weight excluding hydrogens is 244 g/mol. The highest BCUT2D eigenvalue weighted by atomic mass is 16.5. The minimum Gasteiger partial charge on any atom is -0.481 e. The van der Waals surface area contributed by atoms with Crippen molar-refractivity contribution in [2.24, 2.45) is 0 Å². The third-order valence-electron chi connectivity index (χ3n) is 3.08. The fraction of sp³-hybridized carbons (Fsp3) is 0.867. The van der Waals surface area contributed by atoms with Crippen molar-refractivity contribution in [2.45, 2.75) is 77.6 Å². The Kier molecular flexibility index (Phi) is 12.6. The van der Waals surface area contributed by atoms with Gasteiger partial charge < -0.3 is 9.84 Å². The zero-order valence-corrected chi connectivity index (χ0v) is 12.2. The molecular formula is C15H28O4. The van der Waals surface area contributed by atoms with Crippen molar-refractivity contribution in [1.82, 2.24) is 0 Å². The molecule has 0 fully saturated rings. The van der Waals surface area contributed by atoms with Gasteiger partial charge in [-0.15, -0.1) is 0 Å². The van der Waals surface area contributed by atoms with Crippen LogP contribution < -0.4 is 0 Å². The van der Waals surface area contributed by atoms with Crippen LogP contribution in [0, 0.1) is 0 Å². The van der Waals surface area contributed by atoms with Gasteiger partial charge >= 0.3 is 11.9 Å². The SMILES string of the molecule is CCOC(=O)CCCCCCCCCCCC(=O)O. The quantitative estimate of drug-likeness (QED) is 0.407. The first-order valence-corrected chi connectivity index (χ1v) is 7.54. The average molecular weight is 272 g/mol. The molecule has 0 amide bonds. The number of rotatable bonds is 13. The Hall–Kier alpha value is -1.06. The number of unbranched alkanes of at least 4 members (excludes halogenated alkanes) is 8. The van der Waals surface area contributed by atoms with Gasteiger partial charge in [-0.3, -0.25) is 9.59 Å². The van der Waals surface area contributed by atoms with Crippen LogP contribution in [0.5, 0.6) is 0 Å². The number of carbonyl (C=O) groups excluding carboxylic acids is 1. The molecule has 1 N–H and O–H groups in total. The van der Waals surface area contributed by atoms with E-state index in [0.29, 0.717) is 19.4 Å². The van der Waals surface area contributed by atoms with Crippen molar-refractivity contribution in [3.63, 3.8) is 0 Å². The third kappa shape index (κ3) is 14.9. The molecule has 0 atom stereocenters. The van der Waals surface area contributed by atoms with Crippen molar-refractivity contribution in [3.8, 4) is 0 Å². The zero-order valence-electron chi connectivity index (χ0n) is 12.2. The number of hydrogen-bond donors (Lipinski definition) is 1. The van der Waals surface area contributed by atoms with Gasteiger partial charge in [0.1, 0.15) is 0 Å². The molecule has 0 aromatic rings. The predicted octanol–water partition coefficient (Wildman–Crippen LogP) is 3.93. The summed E-state index contributed by atoms with van der Waals surface area (Å²) < 4.78 is 4.86. The number of carboxylic acids is 1. The fourth-order valence-corrected chi connectivity index (χ4v) is 2.02. The van der Waals surface area contributed by atoms with Crippen LogP contribution in [0.3, 0.4) is 0 Å². The van der Waals surface area contributed by atoms with E-state index < -0.39 is 5.97 Å². The van der Waals surface area contributed by atoms with Crippen molar-refractivity contribution >= 4 is 11.9 Å². The Balaban J connectivity index is 3.06. The van der Waals surface area contributed by atoms with Crippen LogP contribution in [-0.4, -0.2) is 23.7 Å². The summed E-state index contributed by atoms with van der Waals surface area (Å²) in [5.74, 6) is -0.775. The lowest BCUT2D eigenvalue weighted by molar-refractivity contribution is -0.143. The topological polar surface area (TPSA) is 63.6 Å². The monoisotopic (exact) mass is 272 g/mol. The van der Waals surface area contributed by atoms with Crippen LogP contribution in [0.25, 0.3) is 0 Å². The van der Waals surface area contributed by atoms with Crippen LogP contribution in [0.15, 0.2) is 0 Å². The number of carboxylic acid groups (broad SMARTS) is 1. The molecule has 0 aromatic carbocycles. The molecule has 0 unspecified atom stereocenters. The molecule has 4 nitrogen and oxygen atoms in total. The van der Waals surface area contributed by atoms with Gasteiger partial charge in [-0.1, -0.05) is 44.9 Å². The highest BCUT2D eigenvalue weighted by molar-refractivity contribution is 5.69. The van der Waals surface area contributed by atoms with E-state index in [-0.39, 0.29) is 5.97 Å². The van der Waals surface area contributed by atoms with Crippen molar-refractivity contribution in [3.05, 3.63) is 0 Å². The number of hydrogen-bond acceptors (Lipinski definition) is 3. The number of esters is 1. The summed E-state index contributed by atoms with van der Waals surface area (Å²) in [6.07, 6.45) is 10.6. The Bertz CT molecular complexity index is 238.